The van der Waals surface area contributed by atoms with Crippen molar-refractivity contribution in [2.24, 2.45) is 4.99 Å². The van der Waals surface area contributed by atoms with Crippen LogP contribution in [0.3, 0.4) is 0 Å². The monoisotopic (exact) mass is 316 g/mol. The summed E-state index contributed by atoms with van der Waals surface area (Å²) < 4.78 is 24.2. The number of hydrogen-bond donors (Lipinski definition) is 2. The number of hydrogen-bond acceptors (Lipinski definition) is 6. The highest BCUT2D eigenvalue weighted by molar-refractivity contribution is 5.94. The van der Waals surface area contributed by atoms with Crippen molar-refractivity contribution in [1.29, 1.82) is 0 Å². The normalized spacial score (nSPS) is 14.9. The molecular formula is C15H9FN2O5. The van der Waals surface area contributed by atoms with E-state index in [1.54, 1.807) is 0 Å². The van der Waals surface area contributed by atoms with E-state index < -0.39 is 18.2 Å². The van der Waals surface area contributed by atoms with Crippen LogP contribution in [0, 0.1) is 5.82 Å². The molecule has 0 radical (unpaired) electrons. The Morgan fingerprint density at radius 2 is 2.00 bits per heavy atom. The van der Waals surface area contributed by atoms with Gasteiger partial charge in [0.25, 0.3) is 0 Å². The molecule has 0 bridgehead atoms. The second kappa shape index (κ2) is 5.78. The number of carboxylic acid groups (broad SMARTS) is 1. The quantitative estimate of drug-likeness (QED) is 0.665. The third-order valence-electron chi connectivity index (χ3n) is 3.06. The van der Waals surface area contributed by atoms with E-state index >= 15 is 0 Å². The molecule has 0 saturated carbocycles. The molecule has 8 heteroatoms. The average Bonchev–Trinajstić information content (AvgIpc) is 2.88. The maximum absolute atomic E-state index is 13.3. The minimum atomic E-state index is -1.22. The molecule has 1 atom stereocenters. The Balaban J connectivity index is 1.82. The van der Waals surface area contributed by atoms with Gasteiger partial charge in [-0.1, -0.05) is 0 Å². The van der Waals surface area contributed by atoms with Crippen LogP contribution < -0.4 is 14.8 Å². The van der Waals surface area contributed by atoms with Gasteiger partial charge >= 0.3 is 12.4 Å². The Bertz CT molecular complexity index is 833. The van der Waals surface area contributed by atoms with E-state index in [-0.39, 0.29) is 11.3 Å². The minimum Gasteiger partial charge on any atom is -0.478 e. The van der Waals surface area contributed by atoms with Crippen molar-refractivity contribution in [2.45, 2.75) is 6.41 Å². The maximum atomic E-state index is 13.3. The fourth-order valence-electron chi connectivity index (χ4n) is 2.07. The van der Waals surface area contributed by atoms with Crippen molar-refractivity contribution >= 4 is 23.4 Å². The molecule has 1 unspecified atom stereocenters. The van der Waals surface area contributed by atoms with Gasteiger partial charge in [-0.15, -0.1) is 0 Å². The summed E-state index contributed by atoms with van der Waals surface area (Å²) in [7, 11) is 0. The number of carbonyl (C=O) groups is 1. The van der Waals surface area contributed by atoms with Crippen LogP contribution in [0.2, 0.25) is 0 Å². The summed E-state index contributed by atoms with van der Waals surface area (Å²) >= 11 is 0. The molecule has 1 heterocycles. The lowest BCUT2D eigenvalue weighted by Crippen LogP contribution is -2.29. The topological polar surface area (TPSA) is 97.2 Å². The molecule has 2 N–H and O–H groups in total. The van der Waals surface area contributed by atoms with Crippen molar-refractivity contribution < 1.29 is 28.6 Å². The summed E-state index contributed by atoms with van der Waals surface area (Å²) in [5.41, 5.74) is 0.224. The first-order valence-electron chi connectivity index (χ1n) is 6.41. The number of nitrogens with zero attached hydrogens (tertiary/aromatic N) is 1. The third-order valence-corrected chi connectivity index (χ3v) is 3.06. The number of carbonyl (C=O) groups excluding carboxylic acids is 1. The first kappa shape index (κ1) is 14.6. The Labute approximate surface area is 129 Å². The minimum absolute atomic E-state index is 0.0152. The molecule has 2 aromatic carbocycles. The first-order chi connectivity index (χ1) is 11.1. The van der Waals surface area contributed by atoms with Gasteiger partial charge in [-0.3, -0.25) is 0 Å². The van der Waals surface area contributed by atoms with Crippen molar-refractivity contribution in [3.63, 3.8) is 0 Å². The molecule has 0 aliphatic carbocycles. The Morgan fingerprint density at radius 1 is 1.22 bits per heavy atom. The summed E-state index contributed by atoms with van der Waals surface area (Å²) in [4.78, 5) is 24.8. The van der Waals surface area contributed by atoms with E-state index in [4.69, 9.17) is 14.6 Å². The molecule has 23 heavy (non-hydrogen) atoms. The summed E-state index contributed by atoms with van der Waals surface area (Å²) in [6.45, 7) is 0. The van der Waals surface area contributed by atoms with Gasteiger partial charge in [0.1, 0.15) is 5.82 Å². The lowest BCUT2D eigenvalue weighted by molar-refractivity contribution is 0.0692. The van der Waals surface area contributed by atoms with Gasteiger partial charge < -0.3 is 19.9 Å². The van der Waals surface area contributed by atoms with E-state index in [0.29, 0.717) is 17.2 Å². The standard InChI is InChI=1S/C15H9FN2O5/c16-8-1-3-10(14(20)21)11(5-8)18-15-22-12-4-2-9(17-7-19)6-13(12)23-15/h1-6,15,18H,(H,20,21). The number of carboxylic acids is 1. The van der Waals surface area contributed by atoms with E-state index in [1.807, 2.05) is 0 Å². The van der Waals surface area contributed by atoms with E-state index in [0.717, 1.165) is 18.2 Å². The number of nitrogens with one attached hydrogen (secondary N) is 1. The highest BCUT2D eigenvalue weighted by Crippen LogP contribution is 2.38. The van der Waals surface area contributed by atoms with Crippen LogP contribution in [0.1, 0.15) is 10.4 Å². The van der Waals surface area contributed by atoms with Crippen molar-refractivity contribution in [2.75, 3.05) is 5.32 Å². The van der Waals surface area contributed by atoms with Crippen molar-refractivity contribution in [1.82, 2.24) is 0 Å². The first-order valence-corrected chi connectivity index (χ1v) is 6.41. The van der Waals surface area contributed by atoms with Crippen LogP contribution in [0.15, 0.2) is 41.4 Å². The van der Waals surface area contributed by atoms with Gasteiger partial charge in [-0.05, 0) is 30.3 Å². The number of halogens is 1. The molecule has 3 rings (SSSR count). The van der Waals surface area contributed by atoms with Crippen LogP contribution in [0.5, 0.6) is 11.5 Å². The zero-order chi connectivity index (χ0) is 16.4. The zero-order valence-electron chi connectivity index (χ0n) is 11.4. The number of aliphatic imine (C=N–C) groups is 1. The second-order valence-electron chi connectivity index (χ2n) is 4.54. The van der Waals surface area contributed by atoms with Gasteiger partial charge in [-0.2, -0.15) is 4.99 Å². The lowest BCUT2D eigenvalue weighted by Gasteiger charge is -2.15. The molecule has 0 spiro atoms. The predicted molar refractivity (Wildman–Crippen MR) is 76.2 cm³/mol. The molecular weight excluding hydrogens is 307 g/mol. The lowest BCUT2D eigenvalue weighted by atomic mass is 10.2. The van der Waals surface area contributed by atoms with Gasteiger partial charge in [0.2, 0.25) is 6.08 Å². The SMILES string of the molecule is O=C=Nc1ccc2c(c1)OC(Nc1cc(F)ccc1C(=O)O)O2. The highest BCUT2D eigenvalue weighted by atomic mass is 19.1. The van der Waals surface area contributed by atoms with E-state index in [1.165, 1.54) is 24.3 Å². The number of isocyanates is 1. The fourth-order valence-corrected chi connectivity index (χ4v) is 2.07. The van der Waals surface area contributed by atoms with E-state index in [2.05, 4.69) is 10.3 Å². The molecule has 2 aromatic rings. The largest absolute Gasteiger partial charge is 0.478 e. The highest BCUT2D eigenvalue weighted by Gasteiger charge is 2.26. The molecule has 0 saturated heterocycles. The summed E-state index contributed by atoms with van der Waals surface area (Å²) in [5, 5.41) is 11.8. The molecule has 1 aliphatic rings. The van der Waals surface area contributed by atoms with E-state index in [9.17, 15) is 14.0 Å². The van der Waals surface area contributed by atoms with Crippen LogP contribution in [0.4, 0.5) is 15.8 Å². The number of rotatable bonds is 4. The molecule has 116 valence electrons. The van der Waals surface area contributed by atoms with Crippen LogP contribution in [-0.4, -0.2) is 23.6 Å². The molecule has 7 nitrogen and oxygen atoms in total. The molecule has 0 amide bonds. The van der Waals surface area contributed by atoms with Gasteiger partial charge in [-0.25, -0.2) is 14.0 Å². The Hall–Kier alpha value is -3.38. The molecule has 0 fully saturated rings. The average molecular weight is 316 g/mol. The number of ether oxygens (including phenoxy) is 2. The van der Waals surface area contributed by atoms with Gasteiger partial charge in [0.05, 0.1) is 16.9 Å². The zero-order valence-corrected chi connectivity index (χ0v) is 11.4. The van der Waals surface area contributed by atoms with Gasteiger partial charge in [0, 0.05) is 6.07 Å². The third kappa shape index (κ3) is 2.97. The summed E-state index contributed by atoms with van der Waals surface area (Å²) in [6.07, 6.45) is 0.367. The number of fused-ring (bicyclic) bond motifs is 1. The fraction of sp³-hybridized carbons (Fsp3) is 0.0667. The number of anilines is 1. The van der Waals surface area contributed by atoms with Crippen LogP contribution in [0.25, 0.3) is 0 Å². The Kier molecular flexibility index (Phi) is 3.66. The van der Waals surface area contributed by atoms with Crippen LogP contribution in [-0.2, 0) is 4.79 Å². The van der Waals surface area contributed by atoms with Gasteiger partial charge in [0.15, 0.2) is 11.5 Å². The molecule has 1 aliphatic heterocycles. The Morgan fingerprint density at radius 3 is 2.74 bits per heavy atom. The summed E-state index contributed by atoms with van der Waals surface area (Å²) in [5.74, 6) is -1.13. The van der Waals surface area contributed by atoms with Crippen molar-refractivity contribution in [3.05, 3.63) is 47.8 Å². The van der Waals surface area contributed by atoms with Crippen LogP contribution >= 0.6 is 0 Å². The smallest absolute Gasteiger partial charge is 0.337 e. The summed E-state index contributed by atoms with van der Waals surface area (Å²) in [6, 6.07) is 7.74. The number of benzene rings is 2. The predicted octanol–water partition coefficient (Wildman–Crippen LogP) is 2.66. The molecule has 0 aromatic heterocycles. The second-order valence-corrected chi connectivity index (χ2v) is 4.54. The number of aromatic carboxylic acids is 1. The van der Waals surface area contributed by atoms with Crippen molar-refractivity contribution in [3.8, 4) is 11.5 Å². The maximum Gasteiger partial charge on any atom is 0.337 e.